The minimum absolute atomic E-state index is 0.556. The summed E-state index contributed by atoms with van der Waals surface area (Å²) < 4.78 is 0. The van der Waals surface area contributed by atoms with Gasteiger partial charge in [0.15, 0.2) is 0 Å². The standard InChI is InChI=1S/C32H32.2ClH.Ti/c1-21-9-7-15-29(27-19-17-23-11-3-5-13-25(23)27)31(21)32-22(2)10-8-16-30(32)28-20-18-24-12-4-6-14-26(24)28;;;/h7-10,15-20H,3-6,11-14H2,1-2H3;2*1H;/q;;;+2/p-2. The van der Waals surface area contributed by atoms with Gasteiger partial charge in [0.05, 0.1) is 0 Å². The van der Waals surface area contributed by atoms with Crippen molar-refractivity contribution < 1.29 is 17.0 Å². The van der Waals surface area contributed by atoms with Gasteiger partial charge < -0.3 is 0 Å². The molecule has 4 aliphatic rings. The molecule has 0 nitrogen and oxygen atoms in total. The normalized spacial score (nSPS) is 22.5. The van der Waals surface area contributed by atoms with E-state index in [0.29, 0.717) is 0 Å². The van der Waals surface area contributed by atoms with E-state index in [1.54, 1.807) is 23.7 Å². The van der Waals surface area contributed by atoms with Gasteiger partial charge in [-0.3, -0.25) is 0 Å². The third kappa shape index (κ3) is 5.34. The summed E-state index contributed by atoms with van der Waals surface area (Å²) in [5.74, 6) is 9.30. The fourth-order valence-electron chi connectivity index (χ4n) is 6.36. The quantitative estimate of drug-likeness (QED) is 0.344. The van der Waals surface area contributed by atoms with Crippen LogP contribution in [0.5, 0.6) is 0 Å². The van der Waals surface area contributed by atoms with Crippen LogP contribution < -0.4 is 0 Å². The fourth-order valence-corrected chi connectivity index (χ4v) is 6.36. The molecule has 35 heavy (non-hydrogen) atoms. The third-order valence-electron chi connectivity index (χ3n) is 7.95. The number of rotatable bonds is 3. The molecule has 2 aromatic rings. The molecule has 0 aromatic heterocycles. The number of halogens is 2. The fraction of sp³-hybridized carbons (Fsp3) is 0.312. The van der Waals surface area contributed by atoms with Gasteiger partial charge in [0.2, 0.25) is 0 Å². The SMILES string of the molecule is Cc1cccc([C]2[CH][CH][C]3CCCC[C]32)c1-c1c(C)cccc1[C]1[CH][CH][C]2CCCC[C]21.[Cl][Ti][Cl]. The molecule has 3 heteroatoms. The van der Waals surface area contributed by atoms with Crippen LogP contribution in [0.1, 0.15) is 73.6 Å². The first-order chi connectivity index (χ1) is 17.1. The summed E-state index contributed by atoms with van der Waals surface area (Å²) in [6.07, 6.45) is 19.8. The number of benzene rings is 2. The van der Waals surface area contributed by atoms with Crippen LogP contribution in [0.4, 0.5) is 0 Å². The predicted octanol–water partition coefficient (Wildman–Crippen LogP) is 9.48. The monoisotopic (exact) mass is 534 g/mol. The van der Waals surface area contributed by atoms with E-state index < -0.39 is 17.0 Å². The van der Waals surface area contributed by atoms with Crippen LogP contribution in [0.3, 0.4) is 0 Å². The van der Waals surface area contributed by atoms with Gasteiger partial charge >= 0.3 is 35.6 Å². The molecule has 0 saturated heterocycles. The summed E-state index contributed by atoms with van der Waals surface area (Å²) in [4.78, 5) is 0. The van der Waals surface area contributed by atoms with Crippen LogP contribution in [0.2, 0.25) is 0 Å². The molecule has 4 saturated carbocycles. The van der Waals surface area contributed by atoms with Crippen molar-refractivity contribution in [3.8, 4) is 11.1 Å². The summed E-state index contributed by atoms with van der Waals surface area (Å²) in [7, 11) is 9.78. The Balaban J connectivity index is 0.000000806. The first kappa shape index (κ1) is 26.3. The molecule has 4 fully saturated rings. The molecule has 0 unspecified atom stereocenters. The van der Waals surface area contributed by atoms with Crippen LogP contribution in [0.25, 0.3) is 11.1 Å². The van der Waals surface area contributed by atoms with Gasteiger partial charge in [-0.25, -0.2) is 0 Å². The molecule has 4 aliphatic carbocycles. The van der Waals surface area contributed by atoms with E-state index in [2.05, 4.69) is 75.9 Å². The Morgan fingerprint density at radius 3 is 1.40 bits per heavy atom. The maximum atomic E-state index is 4.89. The van der Waals surface area contributed by atoms with Crippen molar-refractivity contribution in [2.24, 2.45) is 0 Å². The van der Waals surface area contributed by atoms with Gasteiger partial charge in [-0.15, -0.1) is 0 Å². The summed E-state index contributed by atoms with van der Waals surface area (Å²) in [5.41, 5.74) is 8.47. The Kier molecular flexibility index (Phi) is 9.08. The summed E-state index contributed by atoms with van der Waals surface area (Å²) in [5, 5.41) is 0. The van der Waals surface area contributed by atoms with Crippen LogP contribution in [-0.4, -0.2) is 0 Å². The van der Waals surface area contributed by atoms with E-state index in [1.165, 1.54) is 96.6 Å². The molecule has 0 atom stereocenters. The van der Waals surface area contributed by atoms with E-state index in [4.69, 9.17) is 18.6 Å². The van der Waals surface area contributed by atoms with E-state index >= 15 is 0 Å². The second-order valence-corrected chi connectivity index (χ2v) is 12.6. The van der Waals surface area contributed by atoms with Gasteiger partial charge in [0.25, 0.3) is 0 Å². The number of fused-ring (bicyclic) bond motifs is 2. The molecule has 10 radical (unpaired) electrons. The Hall–Kier alpha value is -0.266. The van der Waals surface area contributed by atoms with Crippen molar-refractivity contribution in [1.29, 1.82) is 0 Å². The van der Waals surface area contributed by atoms with Gasteiger partial charge in [-0.1, -0.05) is 62.1 Å². The first-order valence-electron chi connectivity index (χ1n) is 12.9. The van der Waals surface area contributed by atoms with Gasteiger partial charge in [-0.05, 0) is 122 Å². The van der Waals surface area contributed by atoms with Crippen molar-refractivity contribution in [1.82, 2.24) is 0 Å². The van der Waals surface area contributed by atoms with E-state index in [1.807, 2.05) is 0 Å². The Morgan fingerprint density at radius 1 is 0.571 bits per heavy atom. The second kappa shape index (κ2) is 12.1. The number of aryl methyl sites for hydroxylation is 2. The van der Waals surface area contributed by atoms with Crippen molar-refractivity contribution >= 4 is 18.6 Å². The van der Waals surface area contributed by atoms with E-state index in [9.17, 15) is 0 Å². The Labute approximate surface area is 230 Å². The van der Waals surface area contributed by atoms with E-state index in [0.717, 1.165) is 0 Å². The second-order valence-electron chi connectivity index (χ2n) is 9.98. The molecule has 0 heterocycles. The summed E-state index contributed by atoms with van der Waals surface area (Å²) >= 11 is -0.556. The zero-order chi connectivity index (χ0) is 24.4. The molecule has 0 N–H and O–H groups in total. The van der Waals surface area contributed by atoms with E-state index in [-0.39, 0.29) is 0 Å². The average molecular weight is 535 g/mol. The average Bonchev–Trinajstić information content (AvgIpc) is 3.49. The maximum absolute atomic E-state index is 4.89. The molecular weight excluding hydrogens is 503 g/mol. The number of hydrogen-bond acceptors (Lipinski definition) is 0. The molecular formula is C32H32Cl2Ti. The zero-order valence-corrected chi connectivity index (χ0v) is 23.8. The molecule has 0 spiro atoms. The molecule has 0 aliphatic heterocycles. The van der Waals surface area contributed by atoms with Crippen LogP contribution in [0.15, 0.2) is 36.4 Å². The molecule has 0 amide bonds. The van der Waals surface area contributed by atoms with Crippen LogP contribution >= 0.6 is 18.6 Å². The van der Waals surface area contributed by atoms with Crippen molar-refractivity contribution in [2.45, 2.75) is 65.2 Å². The molecule has 6 rings (SSSR count). The van der Waals surface area contributed by atoms with Crippen LogP contribution in [0, 0.1) is 75.0 Å². The predicted molar refractivity (Wildman–Crippen MR) is 145 cm³/mol. The van der Waals surface area contributed by atoms with Crippen molar-refractivity contribution in [2.75, 3.05) is 0 Å². The van der Waals surface area contributed by atoms with Gasteiger partial charge in [0.1, 0.15) is 0 Å². The van der Waals surface area contributed by atoms with Gasteiger partial charge in [-0.2, -0.15) is 0 Å². The first-order valence-corrected chi connectivity index (χ1v) is 17.1. The molecule has 0 bridgehead atoms. The third-order valence-corrected chi connectivity index (χ3v) is 7.95. The van der Waals surface area contributed by atoms with Crippen molar-refractivity contribution in [3.63, 3.8) is 0 Å². The van der Waals surface area contributed by atoms with Gasteiger partial charge in [0, 0.05) is 11.8 Å². The van der Waals surface area contributed by atoms with Crippen molar-refractivity contribution in [3.05, 3.63) is 120 Å². The molecule has 2 aromatic carbocycles. The van der Waals surface area contributed by atoms with Crippen LogP contribution in [-0.2, 0) is 17.0 Å². The number of hydrogen-bond donors (Lipinski definition) is 0. The Morgan fingerprint density at radius 2 is 0.971 bits per heavy atom. The Bertz CT molecular complexity index is 922. The minimum atomic E-state index is -0.556. The zero-order valence-electron chi connectivity index (χ0n) is 20.7. The topological polar surface area (TPSA) is 0 Å². The summed E-state index contributed by atoms with van der Waals surface area (Å²) in [6, 6.07) is 13.8. The molecule has 178 valence electrons. The summed E-state index contributed by atoms with van der Waals surface area (Å²) in [6.45, 7) is 4.59.